The second-order valence-electron chi connectivity index (χ2n) is 8.87. The van der Waals surface area contributed by atoms with Crippen LogP contribution in [0.1, 0.15) is 33.5 Å². The number of nitrogens with one attached hydrogen (secondary N) is 2. The molecule has 0 spiro atoms. The van der Waals surface area contributed by atoms with Gasteiger partial charge in [0.1, 0.15) is 6.54 Å². The number of rotatable bonds is 11. The van der Waals surface area contributed by atoms with E-state index in [4.69, 9.17) is 4.74 Å². The second-order valence-corrected chi connectivity index (χ2v) is 10.7. The zero-order chi connectivity index (χ0) is 27.0. The molecule has 9 heteroatoms. The van der Waals surface area contributed by atoms with Gasteiger partial charge in [0, 0.05) is 20.3 Å². The SMILES string of the molecule is COCCCNC(=O)c1ccccc1NC(=O)CN(c1cc(C)cc(C)c1)S(=O)(=O)c1ccc(C)cc1. The number of sulfonamides is 1. The third kappa shape index (κ3) is 7.41. The number of carbonyl (C=O) groups is 2. The summed E-state index contributed by atoms with van der Waals surface area (Å²) in [5.74, 6) is -0.917. The van der Waals surface area contributed by atoms with Crippen molar-refractivity contribution in [3.63, 3.8) is 0 Å². The van der Waals surface area contributed by atoms with Crippen molar-refractivity contribution in [2.24, 2.45) is 0 Å². The molecule has 3 aromatic rings. The molecule has 0 aliphatic heterocycles. The first kappa shape index (κ1) is 27.9. The van der Waals surface area contributed by atoms with Crippen molar-refractivity contribution in [3.8, 4) is 0 Å². The van der Waals surface area contributed by atoms with Crippen molar-refractivity contribution in [3.05, 3.63) is 89.0 Å². The van der Waals surface area contributed by atoms with E-state index >= 15 is 0 Å². The average molecular weight is 524 g/mol. The van der Waals surface area contributed by atoms with E-state index in [1.54, 1.807) is 55.6 Å². The predicted molar refractivity (Wildman–Crippen MR) is 146 cm³/mol. The summed E-state index contributed by atoms with van der Waals surface area (Å²) >= 11 is 0. The molecule has 0 aromatic heterocycles. The van der Waals surface area contributed by atoms with Crippen LogP contribution in [0, 0.1) is 20.8 Å². The van der Waals surface area contributed by atoms with E-state index < -0.39 is 22.5 Å². The molecule has 0 radical (unpaired) electrons. The lowest BCUT2D eigenvalue weighted by Crippen LogP contribution is -2.38. The molecule has 0 heterocycles. The highest BCUT2D eigenvalue weighted by molar-refractivity contribution is 7.92. The summed E-state index contributed by atoms with van der Waals surface area (Å²) in [5, 5.41) is 5.52. The molecule has 0 bridgehead atoms. The fourth-order valence-corrected chi connectivity index (χ4v) is 5.28. The number of hydrogen-bond acceptors (Lipinski definition) is 5. The summed E-state index contributed by atoms with van der Waals surface area (Å²) in [4.78, 5) is 26.0. The number of para-hydroxylation sites is 1. The summed E-state index contributed by atoms with van der Waals surface area (Å²) in [7, 11) is -2.46. The Morgan fingerprint density at radius 2 is 1.54 bits per heavy atom. The van der Waals surface area contributed by atoms with Gasteiger partial charge in [-0.2, -0.15) is 0 Å². The highest BCUT2D eigenvalue weighted by atomic mass is 32.2. The highest BCUT2D eigenvalue weighted by Gasteiger charge is 2.28. The molecule has 0 saturated carbocycles. The number of ether oxygens (including phenoxy) is 1. The van der Waals surface area contributed by atoms with E-state index in [1.165, 1.54) is 12.1 Å². The normalized spacial score (nSPS) is 11.1. The molecule has 0 atom stereocenters. The fraction of sp³-hybridized carbons (Fsp3) is 0.286. The van der Waals surface area contributed by atoms with Crippen molar-refractivity contribution in [2.75, 3.05) is 36.4 Å². The summed E-state index contributed by atoms with van der Waals surface area (Å²) in [5.41, 5.74) is 3.63. The lowest BCUT2D eigenvalue weighted by Gasteiger charge is -2.25. The van der Waals surface area contributed by atoms with Gasteiger partial charge in [-0.3, -0.25) is 13.9 Å². The van der Waals surface area contributed by atoms with Crippen LogP contribution in [0.25, 0.3) is 0 Å². The van der Waals surface area contributed by atoms with Crippen molar-refractivity contribution in [2.45, 2.75) is 32.1 Å². The molecule has 0 fully saturated rings. The quantitative estimate of drug-likeness (QED) is 0.366. The molecule has 0 saturated heterocycles. The minimum absolute atomic E-state index is 0.0842. The van der Waals surface area contributed by atoms with E-state index in [9.17, 15) is 18.0 Å². The minimum Gasteiger partial charge on any atom is -0.385 e. The Morgan fingerprint density at radius 1 is 0.892 bits per heavy atom. The minimum atomic E-state index is -4.05. The first-order chi connectivity index (χ1) is 17.6. The van der Waals surface area contributed by atoms with Gasteiger partial charge in [0.05, 0.1) is 21.8 Å². The summed E-state index contributed by atoms with van der Waals surface area (Å²) in [6.45, 7) is 6.08. The molecular weight excluding hydrogens is 490 g/mol. The fourth-order valence-electron chi connectivity index (χ4n) is 3.87. The van der Waals surface area contributed by atoms with Crippen LogP contribution in [-0.4, -0.2) is 47.0 Å². The maximum absolute atomic E-state index is 13.7. The van der Waals surface area contributed by atoms with E-state index in [0.717, 1.165) is 21.0 Å². The van der Waals surface area contributed by atoms with Crippen LogP contribution in [-0.2, 0) is 19.6 Å². The van der Waals surface area contributed by atoms with Gasteiger partial charge in [-0.05, 0) is 74.7 Å². The Morgan fingerprint density at radius 3 is 2.19 bits per heavy atom. The molecule has 8 nitrogen and oxygen atoms in total. The van der Waals surface area contributed by atoms with Crippen molar-refractivity contribution in [1.29, 1.82) is 0 Å². The number of methoxy groups -OCH3 is 1. The molecule has 0 aliphatic rings. The highest BCUT2D eigenvalue weighted by Crippen LogP contribution is 2.26. The molecule has 2 amide bonds. The van der Waals surface area contributed by atoms with Crippen LogP contribution < -0.4 is 14.9 Å². The van der Waals surface area contributed by atoms with Crippen molar-refractivity contribution < 1.29 is 22.7 Å². The van der Waals surface area contributed by atoms with Gasteiger partial charge in [0.15, 0.2) is 0 Å². The van der Waals surface area contributed by atoms with Gasteiger partial charge < -0.3 is 15.4 Å². The van der Waals surface area contributed by atoms with E-state index in [2.05, 4.69) is 10.6 Å². The molecule has 37 heavy (non-hydrogen) atoms. The summed E-state index contributed by atoms with van der Waals surface area (Å²) < 4.78 is 33.4. The third-order valence-corrected chi connectivity index (χ3v) is 7.44. The van der Waals surface area contributed by atoms with Crippen LogP contribution in [0.3, 0.4) is 0 Å². The second kappa shape index (κ2) is 12.5. The van der Waals surface area contributed by atoms with Crippen LogP contribution in [0.5, 0.6) is 0 Å². The van der Waals surface area contributed by atoms with Crippen LogP contribution in [0.15, 0.2) is 71.6 Å². The predicted octanol–water partition coefficient (Wildman–Crippen LogP) is 4.21. The molecular formula is C28H33N3O5S. The maximum Gasteiger partial charge on any atom is 0.264 e. The van der Waals surface area contributed by atoms with Gasteiger partial charge in [0.25, 0.3) is 15.9 Å². The first-order valence-electron chi connectivity index (χ1n) is 12.0. The number of nitrogens with zero attached hydrogens (tertiary/aromatic N) is 1. The standard InChI is InChI=1S/C28H33N3O5S/c1-20-10-12-24(13-11-20)37(34,35)31(23-17-21(2)16-22(3)18-23)19-27(32)30-26-9-6-5-8-25(26)28(33)29-14-7-15-36-4/h5-6,8-13,16-18H,7,14-15,19H2,1-4H3,(H,29,33)(H,30,32). The molecule has 0 unspecified atom stereocenters. The largest absolute Gasteiger partial charge is 0.385 e. The van der Waals surface area contributed by atoms with Crippen molar-refractivity contribution in [1.82, 2.24) is 5.32 Å². The van der Waals surface area contributed by atoms with E-state index in [-0.39, 0.29) is 16.4 Å². The zero-order valence-corrected chi connectivity index (χ0v) is 22.4. The molecule has 0 aliphatic carbocycles. The molecule has 196 valence electrons. The van der Waals surface area contributed by atoms with Gasteiger partial charge >= 0.3 is 0 Å². The number of hydrogen-bond donors (Lipinski definition) is 2. The summed E-state index contributed by atoms with van der Waals surface area (Å²) in [6, 6.07) is 18.5. The Labute approximate surface area is 218 Å². The number of carbonyl (C=O) groups excluding carboxylic acids is 2. The Hall–Kier alpha value is -3.69. The number of amides is 2. The van der Waals surface area contributed by atoms with E-state index in [1.807, 2.05) is 26.8 Å². The Kier molecular flexibility index (Phi) is 9.43. The van der Waals surface area contributed by atoms with Gasteiger partial charge in [0.2, 0.25) is 5.91 Å². The van der Waals surface area contributed by atoms with Crippen LogP contribution in [0.4, 0.5) is 11.4 Å². The molecule has 3 rings (SSSR count). The van der Waals surface area contributed by atoms with Crippen LogP contribution >= 0.6 is 0 Å². The smallest absolute Gasteiger partial charge is 0.264 e. The first-order valence-corrected chi connectivity index (χ1v) is 13.4. The number of anilines is 2. The average Bonchev–Trinajstić information content (AvgIpc) is 2.85. The number of benzene rings is 3. The van der Waals surface area contributed by atoms with Crippen LogP contribution in [0.2, 0.25) is 0 Å². The lowest BCUT2D eigenvalue weighted by atomic mass is 10.1. The van der Waals surface area contributed by atoms with Crippen molar-refractivity contribution >= 4 is 33.2 Å². The Balaban J connectivity index is 1.89. The van der Waals surface area contributed by atoms with Gasteiger partial charge in [-0.15, -0.1) is 0 Å². The molecule has 3 aromatic carbocycles. The van der Waals surface area contributed by atoms with Gasteiger partial charge in [-0.1, -0.05) is 35.9 Å². The lowest BCUT2D eigenvalue weighted by molar-refractivity contribution is -0.114. The summed E-state index contributed by atoms with van der Waals surface area (Å²) in [6.07, 6.45) is 0.651. The Bertz CT molecular complexity index is 1330. The third-order valence-electron chi connectivity index (χ3n) is 5.65. The topological polar surface area (TPSA) is 105 Å². The van der Waals surface area contributed by atoms with E-state index in [0.29, 0.717) is 30.9 Å². The maximum atomic E-state index is 13.7. The number of aryl methyl sites for hydroxylation is 3. The monoisotopic (exact) mass is 523 g/mol. The zero-order valence-electron chi connectivity index (χ0n) is 21.6. The van der Waals surface area contributed by atoms with Gasteiger partial charge in [-0.25, -0.2) is 8.42 Å². The molecule has 2 N–H and O–H groups in total.